The van der Waals surface area contributed by atoms with Crippen LogP contribution >= 0.6 is 0 Å². The van der Waals surface area contributed by atoms with Crippen molar-refractivity contribution in [2.75, 3.05) is 4.72 Å². The highest BCUT2D eigenvalue weighted by molar-refractivity contribution is 7.92. The van der Waals surface area contributed by atoms with Crippen LogP contribution in [0.3, 0.4) is 0 Å². The molecule has 2 nitrogen and oxygen atoms in total. The van der Waals surface area contributed by atoms with Crippen LogP contribution in [-0.2, 0) is 11.4 Å². The zero-order valence-electron chi connectivity index (χ0n) is 8.01. The maximum atomic E-state index is 11.8. The van der Waals surface area contributed by atoms with Crippen LogP contribution in [0, 0.1) is 6.07 Å². The van der Waals surface area contributed by atoms with Crippen molar-refractivity contribution in [3.8, 4) is 0 Å². The third kappa shape index (κ3) is 2.75. The van der Waals surface area contributed by atoms with Crippen molar-refractivity contribution >= 4 is 17.0 Å². The summed E-state index contributed by atoms with van der Waals surface area (Å²) in [7, 11) is 0. The monoisotopic (exact) mass is 216 g/mol. The Bertz CT molecular complexity index is 404. The molecule has 0 saturated heterocycles. The van der Waals surface area contributed by atoms with E-state index in [1.807, 2.05) is 42.5 Å². The molecule has 0 aliphatic heterocycles. The van der Waals surface area contributed by atoms with Crippen molar-refractivity contribution in [1.29, 1.82) is 0 Å². The summed E-state index contributed by atoms with van der Waals surface area (Å²) in [5, 5.41) is 0. The van der Waals surface area contributed by atoms with E-state index in [0.29, 0.717) is 0 Å². The maximum absolute atomic E-state index is 11.8. The summed E-state index contributed by atoms with van der Waals surface area (Å²) in [6, 6.07) is 19.5. The quantitative estimate of drug-likeness (QED) is 0.800. The number of benzene rings is 2. The summed E-state index contributed by atoms with van der Waals surface area (Å²) in [5.74, 6) is 0. The Morgan fingerprint density at radius 2 is 1.87 bits per heavy atom. The molecule has 75 valence electrons. The Morgan fingerprint density at radius 1 is 1.07 bits per heavy atom. The highest BCUT2D eigenvalue weighted by Gasteiger charge is 2.09. The smallest absolute Gasteiger partial charge is 0.179 e. The molecule has 1 atom stereocenters. The molecular formula is C12H10NOS. The van der Waals surface area contributed by atoms with Crippen molar-refractivity contribution < 1.29 is 4.55 Å². The molecule has 0 aliphatic carbocycles. The molecule has 0 fully saturated rings. The van der Waals surface area contributed by atoms with E-state index in [1.54, 1.807) is 12.1 Å². The molecule has 0 heterocycles. The molecule has 0 aromatic heterocycles. The van der Waals surface area contributed by atoms with Gasteiger partial charge in [0.1, 0.15) is 11.4 Å². The number of hydrogen-bond donors (Lipinski definition) is 1. The third-order valence-corrected chi connectivity index (χ3v) is 3.00. The minimum Gasteiger partial charge on any atom is -0.588 e. The average molecular weight is 216 g/mol. The Balaban J connectivity index is 2.08. The van der Waals surface area contributed by atoms with Crippen LogP contribution in [0.2, 0.25) is 0 Å². The Labute approximate surface area is 92.3 Å². The predicted octanol–water partition coefficient (Wildman–Crippen LogP) is 2.62. The fourth-order valence-electron chi connectivity index (χ4n) is 1.17. The molecule has 0 saturated carbocycles. The van der Waals surface area contributed by atoms with E-state index in [4.69, 9.17) is 0 Å². The molecule has 0 aliphatic rings. The van der Waals surface area contributed by atoms with Gasteiger partial charge in [-0.25, -0.2) is 4.72 Å². The van der Waals surface area contributed by atoms with Gasteiger partial charge in [0, 0.05) is 0 Å². The SMILES string of the molecule is [O-][S+](Nc1c[c]ccc1)c1ccccc1. The van der Waals surface area contributed by atoms with Crippen LogP contribution in [-0.4, -0.2) is 4.55 Å². The topological polar surface area (TPSA) is 35.1 Å². The van der Waals surface area contributed by atoms with Crippen LogP contribution in [0.15, 0.2) is 59.5 Å². The number of hydrogen-bond acceptors (Lipinski definition) is 2. The molecule has 2 aromatic rings. The summed E-state index contributed by atoms with van der Waals surface area (Å²) in [5.41, 5.74) is 0.805. The van der Waals surface area contributed by atoms with Crippen molar-refractivity contribution in [2.24, 2.45) is 0 Å². The summed E-state index contributed by atoms with van der Waals surface area (Å²) in [6.45, 7) is 0. The normalized spacial score (nSPS) is 12.1. The highest BCUT2D eigenvalue weighted by atomic mass is 32.2. The first kappa shape index (κ1) is 10.1. The Hall–Kier alpha value is -1.45. The van der Waals surface area contributed by atoms with Gasteiger partial charge in [-0.2, -0.15) is 0 Å². The van der Waals surface area contributed by atoms with Crippen LogP contribution in [0.25, 0.3) is 0 Å². The summed E-state index contributed by atoms with van der Waals surface area (Å²) in [4.78, 5) is 0.765. The standard InChI is InChI=1S/C12H10NOS/c14-15(12-9-5-2-6-10-12)13-11-7-3-1-4-8-11/h1-3,5-10,13H. The van der Waals surface area contributed by atoms with Gasteiger partial charge in [0.25, 0.3) is 0 Å². The second kappa shape index (κ2) is 4.87. The zero-order valence-corrected chi connectivity index (χ0v) is 8.83. The van der Waals surface area contributed by atoms with Gasteiger partial charge in [0.2, 0.25) is 0 Å². The minimum atomic E-state index is -1.20. The fraction of sp³-hybridized carbons (Fsp3) is 0. The van der Waals surface area contributed by atoms with Gasteiger partial charge >= 0.3 is 0 Å². The molecule has 2 aromatic carbocycles. The van der Waals surface area contributed by atoms with Gasteiger partial charge in [0.05, 0.1) is 5.69 Å². The molecule has 0 bridgehead atoms. The van der Waals surface area contributed by atoms with Crippen LogP contribution < -0.4 is 4.72 Å². The van der Waals surface area contributed by atoms with E-state index >= 15 is 0 Å². The first-order valence-electron chi connectivity index (χ1n) is 4.56. The summed E-state index contributed by atoms with van der Waals surface area (Å²) < 4.78 is 14.7. The largest absolute Gasteiger partial charge is 0.588 e. The zero-order chi connectivity index (χ0) is 10.5. The lowest BCUT2D eigenvalue weighted by Crippen LogP contribution is -2.12. The molecule has 1 radical (unpaired) electrons. The molecule has 15 heavy (non-hydrogen) atoms. The molecule has 0 spiro atoms. The minimum absolute atomic E-state index is 0.765. The lowest BCUT2D eigenvalue weighted by molar-refractivity contribution is 0.600. The van der Waals surface area contributed by atoms with Gasteiger partial charge in [-0.05, 0) is 30.3 Å². The Kier molecular flexibility index (Phi) is 3.27. The van der Waals surface area contributed by atoms with E-state index < -0.39 is 11.4 Å². The van der Waals surface area contributed by atoms with Gasteiger partial charge in [0.15, 0.2) is 4.90 Å². The average Bonchev–Trinajstić information content (AvgIpc) is 2.31. The molecule has 1 unspecified atom stereocenters. The number of nitrogens with one attached hydrogen (secondary N) is 1. The van der Waals surface area contributed by atoms with Crippen LogP contribution in [0.4, 0.5) is 5.69 Å². The lowest BCUT2D eigenvalue weighted by atomic mass is 10.3. The molecular weight excluding hydrogens is 206 g/mol. The van der Waals surface area contributed by atoms with Crippen molar-refractivity contribution in [3.63, 3.8) is 0 Å². The van der Waals surface area contributed by atoms with Crippen LogP contribution in [0.5, 0.6) is 0 Å². The Morgan fingerprint density at radius 3 is 2.53 bits per heavy atom. The van der Waals surface area contributed by atoms with Gasteiger partial charge in [-0.3, -0.25) is 0 Å². The predicted molar refractivity (Wildman–Crippen MR) is 61.8 cm³/mol. The summed E-state index contributed by atoms with van der Waals surface area (Å²) >= 11 is -1.20. The van der Waals surface area contributed by atoms with E-state index in [9.17, 15) is 4.55 Å². The number of anilines is 1. The molecule has 1 N–H and O–H groups in total. The first-order valence-corrected chi connectivity index (χ1v) is 5.71. The first-order chi connectivity index (χ1) is 7.36. The lowest BCUT2D eigenvalue weighted by Gasteiger charge is -2.10. The van der Waals surface area contributed by atoms with E-state index in [0.717, 1.165) is 10.6 Å². The van der Waals surface area contributed by atoms with Crippen molar-refractivity contribution in [3.05, 3.63) is 60.7 Å². The van der Waals surface area contributed by atoms with E-state index in [2.05, 4.69) is 10.8 Å². The number of rotatable bonds is 3. The molecule has 3 heteroatoms. The summed E-state index contributed by atoms with van der Waals surface area (Å²) in [6.07, 6.45) is 0. The highest BCUT2D eigenvalue weighted by Crippen LogP contribution is 2.14. The van der Waals surface area contributed by atoms with E-state index in [-0.39, 0.29) is 0 Å². The van der Waals surface area contributed by atoms with Crippen molar-refractivity contribution in [1.82, 2.24) is 0 Å². The van der Waals surface area contributed by atoms with Gasteiger partial charge in [-0.1, -0.05) is 30.3 Å². The third-order valence-electron chi connectivity index (χ3n) is 1.87. The van der Waals surface area contributed by atoms with Gasteiger partial charge < -0.3 is 4.55 Å². The fourth-order valence-corrected chi connectivity index (χ4v) is 2.03. The van der Waals surface area contributed by atoms with E-state index in [1.165, 1.54) is 0 Å². The molecule has 2 rings (SSSR count). The van der Waals surface area contributed by atoms with Crippen LogP contribution in [0.1, 0.15) is 0 Å². The molecule has 0 amide bonds. The second-order valence-corrected chi connectivity index (χ2v) is 4.19. The maximum Gasteiger partial charge on any atom is 0.179 e. The van der Waals surface area contributed by atoms with Gasteiger partial charge in [-0.15, -0.1) is 0 Å². The second-order valence-electron chi connectivity index (χ2n) is 2.98. The van der Waals surface area contributed by atoms with Crippen molar-refractivity contribution in [2.45, 2.75) is 4.90 Å².